The number of hydrogen-bond acceptors (Lipinski definition) is 3. The first kappa shape index (κ1) is 11.2. The van der Waals surface area contributed by atoms with Gasteiger partial charge in [0.15, 0.2) is 10.8 Å². The zero-order chi connectivity index (χ0) is 12.5. The van der Waals surface area contributed by atoms with E-state index in [0.717, 1.165) is 12.1 Å². The van der Waals surface area contributed by atoms with Gasteiger partial charge in [-0.2, -0.15) is 0 Å². The lowest BCUT2D eigenvalue weighted by Crippen LogP contribution is -2.29. The molecular weight excluding hydrogens is 250 g/mol. The van der Waals surface area contributed by atoms with Crippen LogP contribution in [0.5, 0.6) is 0 Å². The lowest BCUT2D eigenvalue weighted by atomic mass is 10.2. The SMILES string of the molecule is O=C(c1ccc(Cl)nn1)N1CCc2ccccc21. The molecule has 0 atom stereocenters. The summed E-state index contributed by atoms with van der Waals surface area (Å²) < 4.78 is 0. The molecule has 1 aromatic carbocycles. The summed E-state index contributed by atoms with van der Waals surface area (Å²) in [6, 6.07) is 11.1. The van der Waals surface area contributed by atoms with E-state index in [4.69, 9.17) is 11.6 Å². The highest BCUT2D eigenvalue weighted by atomic mass is 35.5. The molecule has 0 saturated heterocycles. The summed E-state index contributed by atoms with van der Waals surface area (Å²) in [5.74, 6) is -0.135. The van der Waals surface area contributed by atoms with Crippen LogP contribution in [0, 0.1) is 0 Å². The van der Waals surface area contributed by atoms with Crippen LogP contribution in [0.25, 0.3) is 0 Å². The molecule has 2 heterocycles. The largest absolute Gasteiger partial charge is 0.306 e. The normalized spacial score (nSPS) is 13.5. The van der Waals surface area contributed by atoms with Gasteiger partial charge in [-0.25, -0.2) is 0 Å². The molecule has 2 aromatic rings. The molecule has 1 amide bonds. The van der Waals surface area contributed by atoms with Crippen molar-refractivity contribution in [3.63, 3.8) is 0 Å². The number of carbonyl (C=O) groups is 1. The maximum absolute atomic E-state index is 12.3. The molecule has 1 aromatic heterocycles. The van der Waals surface area contributed by atoms with Crippen molar-refractivity contribution in [1.29, 1.82) is 0 Å². The number of rotatable bonds is 1. The van der Waals surface area contributed by atoms with Gasteiger partial charge in [-0.05, 0) is 30.2 Å². The minimum absolute atomic E-state index is 0.135. The van der Waals surface area contributed by atoms with E-state index >= 15 is 0 Å². The van der Waals surface area contributed by atoms with Crippen molar-refractivity contribution in [2.45, 2.75) is 6.42 Å². The third-order valence-electron chi connectivity index (χ3n) is 2.98. The summed E-state index contributed by atoms with van der Waals surface area (Å²) >= 11 is 5.66. The Bertz CT molecular complexity index is 597. The van der Waals surface area contributed by atoms with E-state index in [9.17, 15) is 4.79 Å². The van der Waals surface area contributed by atoms with Crippen molar-refractivity contribution in [3.8, 4) is 0 Å². The van der Waals surface area contributed by atoms with E-state index < -0.39 is 0 Å². The number of aromatic nitrogens is 2. The zero-order valence-corrected chi connectivity index (χ0v) is 10.3. The van der Waals surface area contributed by atoms with Crippen LogP contribution in [0.2, 0.25) is 5.15 Å². The first-order valence-electron chi connectivity index (χ1n) is 5.65. The topological polar surface area (TPSA) is 46.1 Å². The van der Waals surface area contributed by atoms with Gasteiger partial charge in [0.05, 0.1) is 0 Å². The number of amides is 1. The average Bonchev–Trinajstić information content (AvgIpc) is 2.82. The molecule has 0 aliphatic carbocycles. The van der Waals surface area contributed by atoms with Crippen LogP contribution in [-0.2, 0) is 6.42 Å². The molecule has 18 heavy (non-hydrogen) atoms. The number of anilines is 1. The molecule has 90 valence electrons. The van der Waals surface area contributed by atoms with E-state index in [0.29, 0.717) is 12.2 Å². The van der Waals surface area contributed by atoms with E-state index in [-0.39, 0.29) is 11.1 Å². The van der Waals surface area contributed by atoms with Crippen LogP contribution in [0.3, 0.4) is 0 Å². The Morgan fingerprint density at radius 2 is 2.00 bits per heavy atom. The summed E-state index contributed by atoms with van der Waals surface area (Å²) in [6.07, 6.45) is 0.878. The second-order valence-electron chi connectivity index (χ2n) is 4.08. The van der Waals surface area contributed by atoms with Gasteiger partial charge in [0.2, 0.25) is 0 Å². The molecule has 0 radical (unpaired) electrons. The standard InChI is InChI=1S/C13H10ClN3O/c14-12-6-5-10(15-16-12)13(18)17-8-7-9-3-1-2-4-11(9)17/h1-6H,7-8H2. The Morgan fingerprint density at radius 3 is 2.78 bits per heavy atom. The van der Waals surface area contributed by atoms with E-state index in [2.05, 4.69) is 10.2 Å². The van der Waals surface area contributed by atoms with E-state index in [1.807, 2.05) is 24.3 Å². The average molecular weight is 260 g/mol. The molecule has 1 aliphatic rings. The Kier molecular flexibility index (Phi) is 2.72. The van der Waals surface area contributed by atoms with E-state index in [1.54, 1.807) is 17.0 Å². The smallest absolute Gasteiger partial charge is 0.278 e. The predicted octanol–water partition coefficient (Wildman–Crippen LogP) is 2.33. The summed E-state index contributed by atoms with van der Waals surface area (Å²) in [6.45, 7) is 0.683. The third-order valence-corrected chi connectivity index (χ3v) is 3.19. The monoisotopic (exact) mass is 259 g/mol. The summed E-state index contributed by atoms with van der Waals surface area (Å²) in [5, 5.41) is 7.80. The lowest BCUT2D eigenvalue weighted by Gasteiger charge is -2.16. The van der Waals surface area contributed by atoms with Gasteiger partial charge < -0.3 is 4.90 Å². The van der Waals surface area contributed by atoms with Gasteiger partial charge >= 0.3 is 0 Å². The third kappa shape index (κ3) is 1.84. The van der Waals surface area contributed by atoms with Crippen molar-refractivity contribution in [2.75, 3.05) is 11.4 Å². The van der Waals surface area contributed by atoms with Crippen molar-refractivity contribution < 1.29 is 4.79 Å². The fourth-order valence-electron chi connectivity index (χ4n) is 2.12. The van der Waals surface area contributed by atoms with Crippen molar-refractivity contribution >= 4 is 23.2 Å². The molecular formula is C13H10ClN3O. The first-order chi connectivity index (χ1) is 8.75. The quantitative estimate of drug-likeness (QED) is 0.790. The fourth-order valence-corrected chi connectivity index (χ4v) is 2.22. The van der Waals surface area contributed by atoms with Gasteiger partial charge in [-0.1, -0.05) is 29.8 Å². The van der Waals surface area contributed by atoms with Gasteiger partial charge in [0, 0.05) is 12.2 Å². The molecule has 1 aliphatic heterocycles. The van der Waals surface area contributed by atoms with Crippen LogP contribution < -0.4 is 4.90 Å². The van der Waals surface area contributed by atoms with Crippen molar-refractivity contribution in [3.05, 3.63) is 52.8 Å². The molecule has 3 rings (SSSR count). The predicted molar refractivity (Wildman–Crippen MR) is 68.9 cm³/mol. The zero-order valence-electron chi connectivity index (χ0n) is 9.51. The summed E-state index contributed by atoms with van der Waals surface area (Å²) in [7, 11) is 0. The number of benzene rings is 1. The van der Waals surface area contributed by atoms with Crippen LogP contribution in [-0.4, -0.2) is 22.6 Å². The Labute approximate surface area is 109 Å². The first-order valence-corrected chi connectivity index (χ1v) is 6.02. The number of halogens is 1. The number of fused-ring (bicyclic) bond motifs is 1. The van der Waals surface area contributed by atoms with Gasteiger partial charge in [0.1, 0.15) is 0 Å². The molecule has 0 bridgehead atoms. The Morgan fingerprint density at radius 1 is 1.17 bits per heavy atom. The Hall–Kier alpha value is -1.94. The number of para-hydroxylation sites is 1. The fraction of sp³-hybridized carbons (Fsp3) is 0.154. The molecule has 4 nitrogen and oxygen atoms in total. The maximum atomic E-state index is 12.3. The molecule has 0 saturated carbocycles. The van der Waals surface area contributed by atoms with Crippen LogP contribution in [0.1, 0.15) is 16.1 Å². The van der Waals surface area contributed by atoms with Crippen molar-refractivity contribution in [2.24, 2.45) is 0 Å². The summed E-state index contributed by atoms with van der Waals surface area (Å²) in [4.78, 5) is 14.0. The van der Waals surface area contributed by atoms with Crippen molar-refractivity contribution in [1.82, 2.24) is 10.2 Å². The maximum Gasteiger partial charge on any atom is 0.278 e. The van der Waals surface area contributed by atoms with Crippen LogP contribution in [0.4, 0.5) is 5.69 Å². The minimum atomic E-state index is -0.135. The molecule has 5 heteroatoms. The van der Waals surface area contributed by atoms with Crippen LogP contribution >= 0.6 is 11.6 Å². The molecule has 0 spiro atoms. The number of hydrogen-bond donors (Lipinski definition) is 0. The highest BCUT2D eigenvalue weighted by molar-refractivity contribution is 6.29. The minimum Gasteiger partial charge on any atom is -0.306 e. The van der Waals surface area contributed by atoms with Crippen LogP contribution in [0.15, 0.2) is 36.4 Å². The molecule has 0 unspecified atom stereocenters. The highest BCUT2D eigenvalue weighted by Crippen LogP contribution is 2.28. The highest BCUT2D eigenvalue weighted by Gasteiger charge is 2.25. The van der Waals surface area contributed by atoms with Gasteiger partial charge in [-0.3, -0.25) is 4.79 Å². The molecule has 0 N–H and O–H groups in total. The second-order valence-corrected chi connectivity index (χ2v) is 4.46. The Balaban J connectivity index is 1.93. The lowest BCUT2D eigenvalue weighted by molar-refractivity contribution is 0.0983. The number of nitrogens with zero attached hydrogens (tertiary/aromatic N) is 3. The van der Waals surface area contributed by atoms with E-state index in [1.165, 1.54) is 5.56 Å². The van der Waals surface area contributed by atoms with Gasteiger partial charge in [0.25, 0.3) is 5.91 Å². The molecule has 0 fully saturated rings. The van der Waals surface area contributed by atoms with Gasteiger partial charge in [-0.15, -0.1) is 10.2 Å². The summed E-state index contributed by atoms with van der Waals surface area (Å²) in [5.41, 5.74) is 2.46. The second kappa shape index (κ2) is 4.38. The number of carbonyl (C=O) groups excluding carboxylic acids is 1.